The maximum absolute atomic E-state index is 13.2. The van der Waals surface area contributed by atoms with Gasteiger partial charge in [-0.05, 0) is 37.2 Å². The van der Waals surface area contributed by atoms with E-state index < -0.39 is 0 Å². The van der Waals surface area contributed by atoms with Crippen molar-refractivity contribution >= 4 is 5.91 Å². The van der Waals surface area contributed by atoms with Crippen LogP contribution in [0.1, 0.15) is 104 Å². The van der Waals surface area contributed by atoms with E-state index >= 15 is 0 Å². The molecule has 1 atom stereocenters. The molecule has 0 saturated carbocycles. The predicted molar refractivity (Wildman–Crippen MR) is 121 cm³/mol. The third kappa shape index (κ3) is 8.16. The van der Waals surface area contributed by atoms with Crippen LogP contribution in [-0.4, -0.2) is 35.6 Å². The number of carbonyl (C=O) groups excluding carboxylic acids is 1. The van der Waals surface area contributed by atoms with Crippen molar-refractivity contribution in [3.63, 3.8) is 0 Å². The van der Waals surface area contributed by atoms with Crippen molar-refractivity contribution in [2.45, 2.75) is 110 Å². The number of hydrogen-bond acceptors (Lipinski definition) is 3. The molecule has 4 nitrogen and oxygen atoms in total. The number of carbonyl (C=O) groups is 1. The van der Waals surface area contributed by atoms with Crippen LogP contribution in [0.5, 0.6) is 0 Å². The van der Waals surface area contributed by atoms with Gasteiger partial charge in [0.15, 0.2) is 0 Å². The molecule has 0 aromatic carbocycles. The fraction of sp³-hybridized carbons (Fsp3) is 0.800. The Morgan fingerprint density at radius 1 is 0.966 bits per heavy atom. The molecule has 1 aliphatic carbocycles. The summed E-state index contributed by atoms with van der Waals surface area (Å²) in [5.41, 5.74) is 3.47. The Hall–Kier alpha value is -1.29. The summed E-state index contributed by atoms with van der Waals surface area (Å²) in [7, 11) is 2.10. The Labute approximate surface area is 178 Å². The first-order chi connectivity index (χ1) is 14.0. The highest BCUT2D eigenvalue weighted by molar-refractivity contribution is 5.95. The number of amides is 1. The SMILES string of the molecule is CC(C)[C@@H](CO)NC(=O)C1=C2CCCCCCCCCCCCCC(=CN2C)C1. The third-order valence-electron chi connectivity index (χ3n) is 6.56. The fourth-order valence-electron chi connectivity index (χ4n) is 4.55. The van der Waals surface area contributed by atoms with Gasteiger partial charge in [0.1, 0.15) is 0 Å². The molecule has 3 rings (SSSR count). The van der Waals surface area contributed by atoms with Gasteiger partial charge >= 0.3 is 0 Å². The van der Waals surface area contributed by atoms with Crippen molar-refractivity contribution in [2.75, 3.05) is 13.7 Å². The number of nitrogens with zero attached hydrogens (tertiary/aromatic N) is 1. The molecule has 0 saturated heterocycles. The molecule has 2 aliphatic heterocycles. The monoisotopic (exact) mass is 404 g/mol. The van der Waals surface area contributed by atoms with Gasteiger partial charge in [-0.2, -0.15) is 0 Å². The lowest BCUT2D eigenvalue weighted by molar-refractivity contribution is -0.119. The van der Waals surface area contributed by atoms with Crippen LogP contribution in [0.15, 0.2) is 23.0 Å². The van der Waals surface area contributed by atoms with Gasteiger partial charge in [-0.15, -0.1) is 0 Å². The average molecular weight is 405 g/mol. The van der Waals surface area contributed by atoms with Crippen molar-refractivity contribution in [3.8, 4) is 0 Å². The second-order valence-corrected chi connectivity index (χ2v) is 9.40. The van der Waals surface area contributed by atoms with Crippen molar-refractivity contribution in [1.82, 2.24) is 10.2 Å². The molecule has 0 spiro atoms. The summed E-state index contributed by atoms with van der Waals surface area (Å²) in [5, 5.41) is 12.8. The van der Waals surface area contributed by atoms with E-state index in [1.165, 1.54) is 75.5 Å². The number of aliphatic hydroxyl groups is 1. The van der Waals surface area contributed by atoms with Crippen LogP contribution in [0, 0.1) is 5.92 Å². The zero-order valence-corrected chi connectivity index (χ0v) is 19.1. The van der Waals surface area contributed by atoms with E-state index in [-0.39, 0.29) is 24.5 Å². The van der Waals surface area contributed by atoms with Crippen LogP contribution in [0.2, 0.25) is 0 Å². The molecule has 0 aromatic rings. The van der Waals surface area contributed by atoms with Gasteiger partial charge in [-0.25, -0.2) is 0 Å². The molecule has 0 radical (unpaired) electrons. The fourth-order valence-corrected chi connectivity index (χ4v) is 4.55. The Bertz CT molecular complexity index is 565. The highest BCUT2D eigenvalue weighted by Gasteiger charge is 2.25. The van der Waals surface area contributed by atoms with Gasteiger partial charge < -0.3 is 15.3 Å². The molecular formula is C25H44N2O2. The molecular weight excluding hydrogens is 360 g/mol. The highest BCUT2D eigenvalue weighted by Crippen LogP contribution is 2.31. The smallest absolute Gasteiger partial charge is 0.249 e. The van der Waals surface area contributed by atoms with Crippen LogP contribution in [0.4, 0.5) is 0 Å². The maximum Gasteiger partial charge on any atom is 0.249 e. The van der Waals surface area contributed by atoms with E-state index in [0.717, 1.165) is 31.3 Å². The van der Waals surface area contributed by atoms with Crippen molar-refractivity contribution in [3.05, 3.63) is 23.0 Å². The Morgan fingerprint density at radius 2 is 1.48 bits per heavy atom. The van der Waals surface area contributed by atoms with Crippen molar-refractivity contribution in [2.24, 2.45) is 5.92 Å². The van der Waals surface area contributed by atoms with E-state index in [4.69, 9.17) is 0 Å². The van der Waals surface area contributed by atoms with E-state index in [1.54, 1.807) is 0 Å². The first-order valence-electron chi connectivity index (χ1n) is 12.1. The zero-order valence-electron chi connectivity index (χ0n) is 19.1. The lowest BCUT2D eigenvalue weighted by atomic mass is 9.92. The summed E-state index contributed by atoms with van der Waals surface area (Å²) < 4.78 is 0. The molecule has 2 heterocycles. The normalized spacial score (nSPS) is 21.7. The number of rotatable bonds is 4. The van der Waals surface area contributed by atoms with E-state index in [9.17, 15) is 9.90 Å². The Morgan fingerprint density at radius 3 is 2.00 bits per heavy atom. The van der Waals surface area contributed by atoms with Gasteiger partial charge in [-0.1, -0.05) is 71.6 Å². The number of hydrogen-bond donors (Lipinski definition) is 2. The highest BCUT2D eigenvalue weighted by atomic mass is 16.3. The molecule has 1 amide bonds. The molecule has 4 heteroatoms. The standard InChI is InChI=1S/C25H44N2O2/c1-20(2)23(19-28)26-25(29)22-17-21-15-13-11-9-7-5-4-6-8-10-12-14-16-24(22)27(3)18-21/h18,20,23,28H,4-17,19H2,1-3H3,(H,26,29)/t23-/m1/s1. The molecule has 166 valence electrons. The minimum Gasteiger partial charge on any atom is -0.394 e. The average Bonchev–Trinajstić information content (AvgIpc) is 2.70. The van der Waals surface area contributed by atoms with Crippen molar-refractivity contribution < 1.29 is 9.90 Å². The molecule has 2 N–H and O–H groups in total. The van der Waals surface area contributed by atoms with Gasteiger partial charge in [-0.3, -0.25) is 4.79 Å². The zero-order chi connectivity index (χ0) is 21.1. The minimum absolute atomic E-state index is 0.00937. The van der Waals surface area contributed by atoms with Gasteiger partial charge in [0.2, 0.25) is 5.91 Å². The summed E-state index contributed by atoms with van der Waals surface area (Å²) in [4.78, 5) is 15.4. The second-order valence-electron chi connectivity index (χ2n) is 9.40. The molecule has 0 aromatic heterocycles. The maximum atomic E-state index is 13.2. The predicted octanol–water partition coefficient (Wildman–Crippen LogP) is 5.68. The Balaban J connectivity index is 2.12. The number of fused-ring (bicyclic) bond motifs is 14. The molecule has 0 fully saturated rings. The lowest BCUT2D eigenvalue weighted by Crippen LogP contribution is -2.43. The summed E-state index contributed by atoms with van der Waals surface area (Å²) in [6.45, 7) is 4.08. The van der Waals surface area contributed by atoms with Crippen LogP contribution in [-0.2, 0) is 4.79 Å². The minimum atomic E-state index is -0.183. The number of aliphatic hydroxyl groups excluding tert-OH is 1. The van der Waals surface area contributed by atoms with E-state index in [0.29, 0.717) is 0 Å². The molecule has 0 unspecified atom stereocenters. The van der Waals surface area contributed by atoms with Gasteiger partial charge in [0.25, 0.3) is 0 Å². The van der Waals surface area contributed by atoms with Crippen LogP contribution in [0.3, 0.4) is 0 Å². The van der Waals surface area contributed by atoms with Gasteiger partial charge in [0, 0.05) is 30.9 Å². The summed E-state index contributed by atoms with van der Waals surface area (Å²) in [6, 6.07) is -0.183. The largest absolute Gasteiger partial charge is 0.394 e. The summed E-state index contributed by atoms with van der Waals surface area (Å²) in [6.07, 6.45) is 19.5. The van der Waals surface area contributed by atoms with Crippen LogP contribution >= 0.6 is 0 Å². The quantitative estimate of drug-likeness (QED) is 0.634. The lowest BCUT2D eigenvalue weighted by Gasteiger charge is -2.30. The third-order valence-corrected chi connectivity index (χ3v) is 6.56. The number of nitrogens with one attached hydrogen (secondary N) is 1. The van der Waals surface area contributed by atoms with Crippen molar-refractivity contribution in [1.29, 1.82) is 0 Å². The summed E-state index contributed by atoms with van der Waals surface area (Å²) in [5.74, 6) is 0.238. The second kappa shape index (κ2) is 13.1. The van der Waals surface area contributed by atoms with Gasteiger partial charge in [0.05, 0.1) is 12.6 Å². The van der Waals surface area contributed by atoms with E-state index in [2.05, 4.69) is 23.5 Å². The van der Waals surface area contributed by atoms with E-state index in [1.807, 2.05) is 13.8 Å². The molecule has 3 aliphatic rings. The number of allylic oxidation sites excluding steroid dienone is 2. The molecule has 2 bridgehead atoms. The van der Waals surface area contributed by atoms with Crippen LogP contribution in [0.25, 0.3) is 0 Å². The summed E-state index contributed by atoms with van der Waals surface area (Å²) >= 11 is 0. The first kappa shape index (κ1) is 24.0. The van der Waals surface area contributed by atoms with Crippen LogP contribution < -0.4 is 5.32 Å². The Kier molecular flexibility index (Phi) is 10.8. The first-order valence-corrected chi connectivity index (χ1v) is 12.1. The molecule has 29 heavy (non-hydrogen) atoms. The topological polar surface area (TPSA) is 52.6 Å².